The van der Waals surface area contributed by atoms with Crippen molar-refractivity contribution >= 4 is 5.91 Å². The number of likely N-dealkylation sites (N-methyl/N-ethyl adjacent to an activating group) is 1. The van der Waals surface area contributed by atoms with E-state index in [2.05, 4.69) is 58.5 Å². The van der Waals surface area contributed by atoms with Crippen molar-refractivity contribution in [3.8, 4) is 17.1 Å². The average Bonchev–Trinajstić information content (AvgIpc) is 3.32. The third kappa shape index (κ3) is 5.18. The van der Waals surface area contributed by atoms with Crippen LogP contribution in [0, 0.1) is 6.92 Å². The summed E-state index contributed by atoms with van der Waals surface area (Å²) in [6.45, 7) is 6.57. The molecule has 0 bridgehead atoms. The fourth-order valence-corrected chi connectivity index (χ4v) is 3.93. The van der Waals surface area contributed by atoms with Crippen LogP contribution in [0.1, 0.15) is 27.7 Å². The monoisotopic (exact) mass is 434 g/mol. The van der Waals surface area contributed by atoms with E-state index in [1.54, 1.807) is 13.2 Å². The van der Waals surface area contributed by atoms with Gasteiger partial charge in [0.2, 0.25) is 0 Å². The molecule has 0 unspecified atom stereocenters. The molecule has 1 N–H and O–H groups in total. The van der Waals surface area contributed by atoms with Gasteiger partial charge in [0.05, 0.1) is 13.2 Å². The predicted molar refractivity (Wildman–Crippen MR) is 124 cm³/mol. The molecule has 7 heteroatoms. The lowest BCUT2D eigenvalue weighted by molar-refractivity contribution is 0.0878. The Morgan fingerprint density at radius 2 is 1.78 bits per heavy atom. The molecule has 1 aliphatic heterocycles. The van der Waals surface area contributed by atoms with E-state index in [-0.39, 0.29) is 17.6 Å². The van der Waals surface area contributed by atoms with E-state index in [4.69, 9.17) is 9.26 Å². The molecule has 1 fully saturated rings. The van der Waals surface area contributed by atoms with Crippen LogP contribution >= 0.6 is 0 Å². The zero-order valence-electron chi connectivity index (χ0n) is 18.9. The molecule has 32 heavy (non-hydrogen) atoms. The number of hydrogen-bond acceptors (Lipinski definition) is 6. The van der Waals surface area contributed by atoms with Gasteiger partial charge in [0.15, 0.2) is 11.5 Å². The number of methoxy groups -OCH3 is 1. The van der Waals surface area contributed by atoms with E-state index in [0.29, 0.717) is 12.3 Å². The second-order valence-corrected chi connectivity index (χ2v) is 8.28. The highest BCUT2D eigenvalue weighted by Crippen LogP contribution is 2.24. The molecule has 2 aromatic carbocycles. The first kappa shape index (κ1) is 22.0. The van der Waals surface area contributed by atoms with Gasteiger partial charge in [0.1, 0.15) is 5.75 Å². The number of rotatable bonds is 7. The molecule has 3 aromatic rings. The van der Waals surface area contributed by atoms with Gasteiger partial charge in [-0.15, -0.1) is 0 Å². The maximum Gasteiger partial charge on any atom is 0.273 e. The molecule has 4 rings (SSSR count). The Morgan fingerprint density at radius 3 is 2.44 bits per heavy atom. The molecule has 1 amide bonds. The van der Waals surface area contributed by atoms with Crippen molar-refractivity contribution in [1.29, 1.82) is 0 Å². The molecule has 2 heterocycles. The highest BCUT2D eigenvalue weighted by molar-refractivity contribution is 5.93. The number of benzene rings is 2. The Balaban J connectivity index is 1.45. The summed E-state index contributed by atoms with van der Waals surface area (Å²) in [4.78, 5) is 17.6. The van der Waals surface area contributed by atoms with E-state index in [1.807, 2.05) is 24.3 Å². The average molecular weight is 435 g/mol. The van der Waals surface area contributed by atoms with Gasteiger partial charge in [0.25, 0.3) is 5.91 Å². The van der Waals surface area contributed by atoms with Crippen LogP contribution in [0.5, 0.6) is 5.75 Å². The number of aromatic nitrogens is 1. The second-order valence-electron chi connectivity index (χ2n) is 8.28. The van der Waals surface area contributed by atoms with Crippen molar-refractivity contribution in [3.05, 3.63) is 71.4 Å². The molecule has 1 saturated heterocycles. The maximum absolute atomic E-state index is 12.8. The van der Waals surface area contributed by atoms with Crippen LogP contribution in [0.4, 0.5) is 0 Å². The molecule has 1 aliphatic rings. The molecule has 7 nitrogen and oxygen atoms in total. The Hall–Kier alpha value is -3.16. The second kappa shape index (κ2) is 9.97. The lowest BCUT2D eigenvalue weighted by Gasteiger charge is -2.38. The van der Waals surface area contributed by atoms with Gasteiger partial charge in [-0.2, -0.15) is 0 Å². The minimum Gasteiger partial charge on any atom is -0.497 e. The van der Waals surface area contributed by atoms with Gasteiger partial charge in [-0.05, 0) is 43.8 Å². The van der Waals surface area contributed by atoms with Gasteiger partial charge < -0.3 is 19.5 Å². The molecule has 1 atom stereocenters. The van der Waals surface area contributed by atoms with Crippen LogP contribution in [-0.2, 0) is 0 Å². The molecule has 168 valence electrons. The van der Waals surface area contributed by atoms with Crippen molar-refractivity contribution in [2.24, 2.45) is 0 Å². The summed E-state index contributed by atoms with van der Waals surface area (Å²) >= 11 is 0. The summed E-state index contributed by atoms with van der Waals surface area (Å²) in [5, 5.41) is 7.05. The fourth-order valence-electron chi connectivity index (χ4n) is 3.93. The zero-order valence-corrected chi connectivity index (χ0v) is 18.9. The normalized spacial score (nSPS) is 16.0. The summed E-state index contributed by atoms with van der Waals surface area (Å²) in [5.74, 6) is 1.07. The maximum atomic E-state index is 12.8. The van der Waals surface area contributed by atoms with E-state index >= 15 is 0 Å². The van der Waals surface area contributed by atoms with Crippen LogP contribution in [-0.4, -0.2) is 67.7 Å². The largest absolute Gasteiger partial charge is 0.497 e. The number of piperazine rings is 1. The smallest absolute Gasteiger partial charge is 0.273 e. The van der Waals surface area contributed by atoms with E-state index in [0.717, 1.165) is 37.5 Å². The lowest BCUT2D eigenvalue weighted by atomic mass is 10.0. The van der Waals surface area contributed by atoms with Gasteiger partial charge in [-0.3, -0.25) is 9.69 Å². The molecule has 0 spiro atoms. The highest BCUT2D eigenvalue weighted by Gasteiger charge is 2.25. The molecular formula is C25H30N4O3. The van der Waals surface area contributed by atoms with Crippen molar-refractivity contribution < 1.29 is 14.1 Å². The predicted octanol–water partition coefficient (Wildman–Crippen LogP) is 3.38. The molecule has 0 radical (unpaired) electrons. The third-order valence-corrected chi connectivity index (χ3v) is 6.01. The number of ether oxygens (including phenoxy) is 1. The molecule has 0 aliphatic carbocycles. The number of aryl methyl sites for hydroxylation is 1. The highest BCUT2D eigenvalue weighted by atomic mass is 16.5. The summed E-state index contributed by atoms with van der Waals surface area (Å²) in [7, 11) is 3.77. The summed E-state index contributed by atoms with van der Waals surface area (Å²) in [5.41, 5.74) is 3.55. The van der Waals surface area contributed by atoms with Crippen molar-refractivity contribution in [2.45, 2.75) is 13.0 Å². The van der Waals surface area contributed by atoms with Gasteiger partial charge in [-0.1, -0.05) is 35.0 Å². The van der Waals surface area contributed by atoms with Crippen molar-refractivity contribution in [2.75, 3.05) is 46.9 Å². The third-order valence-electron chi connectivity index (χ3n) is 6.01. The van der Waals surface area contributed by atoms with E-state index < -0.39 is 0 Å². The topological polar surface area (TPSA) is 70.8 Å². The number of carbonyl (C=O) groups excluding carboxylic acids is 1. The first-order chi connectivity index (χ1) is 15.5. The van der Waals surface area contributed by atoms with Crippen LogP contribution < -0.4 is 10.1 Å². The van der Waals surface area contributed by atoms with Crippen LogP contribution in [0.3, 0.4) is 0 Å². The standard InChI is InChI=1S/C25H30N4O3/c1-18-4-6-19(7-5-18)23(29-14-12-28(2)13-15-29)17-26-25(30)22-16-24(32-27-22)20-8-10-21(31-3)11-9-20/h4-11,16,23H,12-15,17H2,1-3H3,(H,26,30)/t23-/m0/s1. The van der Waals surface area contributed by atoms with Gasteiger partial charge in [0, 0.05) is 44.4 Å². The SMILES string of the molecule is COc1ccc(-c2cc(C(=O)NC[C@@H](c3ccc(C)cc3)N3CCN(C)CC3)no2)cc1. The van der Waals surface area contributed by atoms with Crippen molar-refractivity contribution in [3.63, 3.8) is 0 Å². The minimum absolute atomic E-state index is 0.112. The summed E-state index contributed by atoms with van der Waals surface area (Å²) in [6.07, 6.45) is 0. The quantitative estimate of drug-likeness (QED) is 0.615. The minimum atomic E-state index is -0.236. The summed E-state index contributed by atoms with van der Waals surface area (Å²) in [6, 6.07) is 17.8. The van der Waals surface area contributed by atoms with Crippen molar-refractivity contribution in [1.82, 2.24) is 20.3 Å². The number of nitrogens with one attached hydrogen (secondary N) is 1. The van der Waals surface area contributed by atoms with Gasteiger partial charge in [-0.25, -0.2) is 0 Å². The number of hydrogen-bond donors (Lipinski definition) is 1. The summed E-state index contributed by atoms with van der Waals surface area (Å²) < 4.78 is 10.6. The molecule has 0 saturated carbocycles. The van der Waals surface area contributed by atoms with Crippen LogP contribution in [0.25, 0.3) is 11.3 Å². The van der Waals surface area contributed by atoms with E-state index in [1.165, 1.54) is 11.1 Å². The van der Waals surface area contributed by atoms with Gasteiger partial charge >= 0.3 is 0 Å². The number of nitrogens with zero attached hydrogens (tertiary/aromatic N) is 3. The first-order valence-electron chi connectivity index (χ1n) is 10.9. The Bertz CT molecular complexity index is 1020. The Kier molecular flexibility index (Phi) is 6.87. The number of amides is 1. The molecular weight excluding hydrogens is 404 g/mol. The van der Waals surface area contributed by atoms with Crippen LogP contribution in [0.2, 0.25) is 0 Å². The van der Waals surface area contributed by atoms with Crippen LogP contribution in [0.15, 0.2) is 59.1 Å². The Morgan fingerprint density at radius 1 is 1.09 bits per heavy atom. The fraction of sp³-hybridized carbons (Fsp3) is 0.360. The Labute approximate surface area is 188 Å². The first-order valence-corrected chi connectivity index (χ1v) is 10.9. The molecule has 1 aromatic heterocycles. The van der Waals surface area contributed by atoms with E-state index in [9.17, 15) is 4.79 Å². The number of carbonyl (C=O) groups is 1. The lowest BCUT2D eigenvalue weighted by Crippen LogP contribution is -2.48. The zero-order chi connectivity index (χ0) is 22.5.